The molecule has 0 unspecified atom stereocenters. The Bertz CT molecular complexity index is 1240. The number of hydrogen-bond acceptors (Lipinski definition) is 10. The lowest BCUT2D eigenvalue weighted by molar-refractivity contribution is -0.271. The number of methoxy groups -OCH3 is 1. The minimum atomic E-state index is -1.18. The molecule has 3 aliphatic heterocycles. The number of carbonyl (C=O) groups is 3. The second-order valence-corrected chi connectivity index (χ2v) is 12.8. The van der Waals surface area contributed by atoms with E-state index in [4.69, 9.17) is 28.1 Å². The monoisotopic (exact) mass is 544 g/mol. The predicted octanol–water partition coefficient (Wildman–Crippen LogP) is 2.88. The van der Waals surface area contributed by atoms with Crippen LogP contribution in [-0.2, 0) is 38.1 Å². The molecule has 1 aromatic heterocycles. The van der Waals surface area contributed by atoms with Gasteiger partial charge < -0.3 is 33.2 Å². The Labute approximate surface area is 226 Å². The number of fused-ring (bicyclic) bond motifs is 3. The molecule has 5 aliphatic rings. The van der Waals surface area contributed by atoms with Gasteiger partial charge in [0.25, 0.3) is 0 Å². The van der Waals surface area contributed by atoms with E-state index < -0.39 is 75.7 Å². The average Bonchev–Trinajstić information content (AvgIpc) is 3.33. The van der Waals surface area contributed by atoms with Crippen molar-refractivity contribution in [1.29, 1.82) is 0 Å². The summed E-state index contributed by atoms with van der Waals surface area (Å²) in [5.41, 5.74) is -3.82. The van der Waals surface area contributed by atoms with E-state index in [-0.39, 0.29) is 12.5 Å². The fourth-order valence-corrected chi connectivity index (χ4v) is 9.39. The normalized spacial score (nSPS) is 47.3. The van der Waals surface area contributed by atoms with Crippen LogP contribution in [0.25, 0.3) is 0 Å². The lowest BCUT2D eigenvalue weighted by Gasteiger charge is -2.67. The van der Waals surface area contributed by atoms with Crippen LogP contribution in [0.3, 0.4) is 0 Å². The molecule has 2 aliphatic carbocycles. The third kappa shape index (κ3) is 3.11. The molecule has 1 spiro atoms. The lowest BCUT2D eigenvalue weighted by atomic mass is 9.37. The van der Waals surface area contributed by atoms with Crippen molar-refractivity contribution in [3.63, 3.8) is 0 Å². The van der Waals surface area contributed by atoms with Crippen LogP contribution in [0.1, 0.15) is 59.1 Å². The van der Waals surface area contributed by atoms with Crippen molar-refractivity contribution in [3.8, 4) is 0 Å². The summed E-state index contributed by atoms with van der Waals surface area (Å²) in [6.07, 6.45) is 3.78. The molecule has 5 fully saturated rings. The van der Waals surface area contributed by atoms with E-state index in [2.05, 4.69) is 0 Å². The molecular formula is C29H36O10. The Hall–Kier alpha value is -2.69. The molecule has 4 heterocycles. The highest BCUT2D eigenvalue weighted by atomic mass is 16.7. The number of ether oxygens (including phenoxy) is 5. The summed E-state index contributed by atoms with van der Waals surface area (Å²) in [6, 6.07) is 1.78. The van der Waals surface area contributed by atoms with Crippen molar-refractivity contribution in [2.24, 2.45) is 28.1 Å². The Morgan fingerprint density at radius 2 is 1.92 bits per heavy atom. The number of epoxide rings is 1. The molecule has 0 aromatic carbocycles. The van der Waals surface area contributed by atoms with Crippen molar-refractivity contribution >= 4 is 17.9 Å². The molecular weight excluding hydrogens is 508 g/mol. The second kappa shape index (κ2) is 8.17. The van der Waals surface area contributed by atoms with Crippen molar-refractivity contribution in [2.45, 2.75) is 83.1 Å². The van der Waals surface area contributed by atoms with E-state index in [0.717, 1.165) is 0 Å². The van der Waals surface area contributed by atoms with Crippen LogP contribution < -0.4 is 0 Å². The number of esters is 3. The SMILES string of the molecule is COC(=O)/C=C/[C@]12COC(C)(C)[C@H]1[C@@H](O)[C@H](OC(C)=O)[C@]1(C)[C@@H]2CC[C@@]2(C)[C@@H](c3ccoc3)OC(=O)[C@@H]3O[C@]312. The van der Waals surface area contributed by atoms with Gasteiger partial charge in [-0.3, -0.25) is 4.79 Å². The van der Waals surface area contributed by atoms with E-state index >= 15 is 0 Å². The van der Waals surface area contributed by atoms with E-state index in [1.165, 1.54) is 26.4 Å². The van der Waals surface area contributed by atoms with Crippen LogP contribution in [-0.4, -0.2) is 66.2 Å². The topological polar surface area (TPSA) is 134 Å². The van der Waals surface area contributed by atoms with Gasteiger partial charge in [0.2, 0.25) is 0 Å². The number of furan rings is 1. The number of aliphatic hydroxyl groups is 1. The van der Waals surface area contributed by atoms with Gasteiger partial charge in [0, 0.05) is 40.7 Å². The average molecular weight is 545 g/mol. The first kappa shape index (κ1) is 26.5. The van der Waals surface area contributed by atoms with Crippen LogP contribution in [0.5, 0.6) is 0 Å². The Morgan fingerprint density at radius 3 is 2.56 bits per heavy atom. The zero-order valence-electron chi connectivity index (χ0n) is 23.1. The molecule has 10 atom stereocenters. The van der Waals surface area contributed by atoms with E-state index in [1.807, 2.05) is 27.7 Å². The highest BCUT2D eigenvalue weighted by Gasteiger charge is 2.90. The molecule has 10 nitrogen and oxygen atoms in total. The largest absolute Gasteiger partial charge is 0.472 e. The molecule has 10 heteroatoms. The molecule has 6 rings (SSSR count). The zero-order valence-corrected chi connectivity index (χ0v) is 23.1. The van der Waals surface area contributed by atoms with Crippen LogP contribution in [0, 0.1) is 28.1 Å². The highest BCUT2D eigenvalue weighted by molar-refractivity contribution is 5.83. The molecule has 3 saturated heterocycles. The van der Waals surface area contributed by atoms with Crippen molar-refractivity contribution in [1.82, 2.24) is 0 Å². The molecule has 2 saturated carbocycles. The van der Waals surface area contributed by atoms with Gasteiger partial charge in [0.1, 0.15) is 17.8 Å². The fourth-order valence-electron chi connectivity index (χ4n) is 9.39. The standard InChI is InChI=1S/C29H36O10/c1-15(30)37-22-19(32)20-25(2,3)36-14-28(20,11-8-18(31)34-6)17-7-10-26(4)21(16-9-12-35-13-16)38-24(33)23-29(26,39-23)27(17,22)5/h8-9,11-13,17,19-23,32H,7,10,14H2,1-6H3/b11-8+/t17-,19+,20+,21+,22-,23-,26-,27-,28+,29-/m0/s1. The zero-order chi connectivity index (χ0) is 28.2. The van der Waals surface area contributed by atoms with Crippen molar-refractivity contribution in [2.75, 3.05) is 13.7 Å². The van der Waals surface area contributed by atoms with Gasteiger partial charge in [0.05, 0.1) is 37.9 Å². The molecule has 0 bridgehead atoms. The smallest absolute Gasteiger partial charge is 0.339 e. The van der Waals surface area contributed by atoms with Gasteiger partial charge in [-0.25, -0.2) is 9.59 Å². The predicted molar refractivity (Wildman–Crippen MR) is 133 cm³/mol. The lowest BCUT2D eigenvalue weighted by Crippen LogP contribution is -2.75. The van der Waals surface area contributed by atoms with Gasteiger partial charge in [-0.1, -0.05) is 19.9 Å². The minimum absolute atomic E-state index is 0.231. The maximum atomic E-state index is 13.4. The Balaban J connectivity index is 1.58. The quantitative estimate of drug-likeness (QED) is 0.261. The second-order valence-electron chi connectivity index (χ2n) is 12.8. The maximum Gasteiger partial charge on any atom is 0.339 e. The van der Waals surface area contributed by atoms with E-state index in [0.29, 0.717) is 18.4 Å². The van der Waals surface area contributed by atoms with Crippen LogP contribution >= 0.6 is 0 Å². The maximum absolute atomic E-state index is 13.4. The summed E-state index contributed by atoms with van der Waals surface area (Å²) < 4.78 is 35.0. The first-order chi connectivity index (χ1) is 18.3. The number of carbonyl (C=O) groups excluding carboxylic acids is 3. The minimum Gasteiger partial charge on any atom is -0.472 e. The van der Waals surface area contributed by atoms with Crippen LogP contribution in [0.2, 0.25) is 0 Å². The summed E-state index contributed by atoms with van der Waals surface area (Å²) >= 11 is 0. The molecule has 1 aromatic rings. The first-order valence-electron chi connectivity index (χ1n) is 13.5. The summed E-state index contributed by atoms with van der Waals surface area (Å²) in [6.45, 7) is 9.33. The summed E-state index contributed by atoms with van der Waals surface area (Å²) in [5, 5.41) is 12.1. The molecule has 0 amide bonds. The molecule has 0 radical (unpaired) electrons. The third-order valence-corrected chi connectivity index (χ3v) is 10.8. The third-order valence-electron chi connectivity index (χ3n) is 10.8. The van der Waals surface area contributed by atoms with Gasteiger partial charge in [0.15, 0.2) is 6.10 Å². The van der Waals surface area contributed by atoms with Crippen molar-refractivity contribution in [3.05, 3.63) is 36.3 Å². The van der Waals surface area contributed by atoms with E-state index in [9.17, 15) is 19.5 Å². The Morgan fingerprint density at radius 1 is 1.18 bits per heavy atom. The number of hydrogen-bond donors (Lipinski definition) is 1. The summed E-state index contributed by atoms with van der Waals surface area (Å²) in [5.74, 6) is -2.38. The summed E-state index contributed by atoms with van der Waals surface area (Å²) in [7, 11) is 1.31. The van der Waals surface area contributed by atoms with Gasteiger partial charge in [-0.2, -0.15) is 0 Å². The number of rotatable bonds is 4. The molecule has 1 N–H and O–H groups in total. The molecule has 212 valence electrons. The highest BCUT2D eigenvalue weighted by Crippen LogP contribution is 2.80. The van der Waals surface area contributed by atoms with Gasteiger partial charge in [-0.05, 0) is 38.7 Å². The fraction of sp³-hybridized carbons (Fsp3) is 0.690. The van der Waals surface area contributed by atoms with Crippen molar-refractivity contribution < 1.29 is 47.6 Å². The van der Waals surface area contributed by atoms with Gasteiger partial charge in [-0.15, -0.1) is 0 Å². The first-order valence-corrected chi connectivity index (χ1v) is 13.5. The number of aliphatic hydroxyl groups excluding tert-OH is 1. The molecule has 39 heavy (non-hydrogen) atoms. The Kier molecular flexibility index (Phi) is 5.56. The van der Waals surface area contributed by atoms with Crippen LogP contribution in [0.4, 0.5) is 0 Å². The summed E-state index contributed by atoms with van der Waals surface area (Å²) in [4.78, 5) is 38.3. The van der Waals surface area contributed by atoms with Crippen LogP contribution in [0.15, 0.2) is 35.2 Å². The van der Waals surface area contributed by atoms with E-state index in [1.54, 1.807) is 18.4 Å². The number of cyclic esters (lactones) is 1. The van der Waals surface area contributed by atoms with Gasteiger partial charge >= 0.3 is 17.9 Å².